The number of benzene rings is 1. The van der Waals surface area contributed by atoms with Crippen molar-refractivity contribution >= 4 is 12.1 Å². The summed E-state index contributed by atoms with van der Waals surface area (Å²) < 4.78 is 38.3. The van der Waals surface area contributed by atoms with Gasteiger partial charge in [-0.05, 0) is 45.9 Å². The van der Waals surface area contributed by atoms with Gasteiger partial charge in [-0.15, -0.1) is 0 Å². The second kappa shape index (κ2) is 7.04. The lowest BCUT2D eigenvalue weighted by Gasteiger charge is -2.20. The molecule has 7 heteroatoms. The van der Waals surface area contributed by atoms with Crippen LogP contribution in [0.5, 0.6) is 0 Å². The van der Waals surface area contributed by atoms with Crippen LogP contribution in [-0.4, -0.2) is 28.8 Å². The average Bonchev–Trinajstić information content (AvgIpc) is 2.91. The highest BCUT2D eigenvalue weighted by atomic mass is 19.1. The first-order chi connectivity index (χ1) is 11.6. The minimum absolute atomic E-state index is 0.0502. The molecular weight excluding hydrogens is 332 g/mol. The predicted octanol–water partition coefficient (Wildman–Crippen LogP) is 4.39. The van der Waals surface area contributed by atoms with Gasteiger partial charge in [-0.3, -0.25) is 0 Å². The topological polar surface area (TPSA) is 57.5 Å². The van der Waals surface area contributed by atoms with Crippen molar-refractivity contribution in [3.05, 3.63) is 47.8 Å². The maximum Gasteiger partial charge on any atom is 0.419 e. The molecule has 134 valence electrons. The van der Waals surface area contributed by atoms with Crippen LogP contribution in [0.15, 0.2) is 30.5 Å². The first-order valence-corrected chi connectivity index (χ1v) is 7.70. The molecule has 0 atom stereocenters. The average molecular weight is 351 g/mol. The summed E-state index contributed by atoms with van der Waals surface area (Å²) in [5, 5.41) is 0. The van der Waals surface area contributed by atoms with Crippen LogP contribution in [0.2, 0.25) is 0 Å². The van der Waals surface area contributed by atoms with Crippen molar-refractivity contribution in [2.45, 2.75) is 33.3 Å². The largest absolute Gasteiger partial charge is 0.461 e. The lowest BCUT2D eigenvalue weighted by Crippen LogP contribution is -2.28. The Kier molecular flexibility index (Phi) is 5.25. The minimum Gasteiger partial charge on any atom is -0.461 e. The molecule has 2 rings (SSSR count). The van der Waals surface area contributed by atoms with Crippen LogP contribution in [0.3, 0.4) is 0 Å². The van der Waals surface area contributed by atoms with E-state index in [1.165, 1.54) is 18.3 Å². The number of carbonyl (C=O) groups is 2. The molecule has 1 heterocycles. The molecule has 0 fully saturated rings. The van der Waals surface area contributed by atoms with E-state index in [1.807, 2.05) is 0 Å². The Morgan fingerprint density at radius 2 is 1.84 bits per heavy atom. The van der Waals surface area contributed by atoms with Crippen molar-refractivity contribution in [1.82, 2.24) is 4.57 Å². The molecule has 2 aromatic rings. The van der Waals surface area contributed by atoms with Crippen LogP contribution in [-0.2, 0) is 9.47 Å². The van der Waals surface area contributed by atoms with Crippen molar-refractivity contribution in [3.8, 4) is 11.1 Å². The van der Waals surface area contributed by atoms with E-state index in [1.54, 1.807) is 27.7 Å². The fourth-order valence-corrected chi connectivity index (χ4v) is 2.16. The molecule has 0 radical (unpaired) electrons. The van der Waals surface area contributed by atoms with Gasteiger partial charge in [-0.2, -0.15) is 0 Å². The van der Waals surface area contributed by atoms with Crippen LogP contribution in [0.1, 0.15) is 38.2 Å². The van der Waals surface area contributed by atoms with Crippen LogP contribution in [0.25, 0.3) is 11.1 Å². The molecule has 0 aliphatic rings. The molecule has 1 aromatic heterocycles. The summed E-state index contributed by atoms with van der Waals surface area (Å²) in [6.07, 6.45) is 0.459. The van der Waals surface area contributed by atoms with E-state index in [9.17, 15) is 18.4 Å². The lowest BCUT2D eigenvalue weighted by atomic mass is 10.1. The Bertz CT molecular complexity index is 806. The molecule has 0 amide bonds. The molecule has 1 aromatic carbocycles. The quantitative estimate of drug-likeness (QED) is 0.770. The third kappa shape index (κ3) is 4.43. The molecular formula is C18H19F2NO4. The molecule has 0 saturated carbocycles. The number of esters is 1. The number of hydrogen-bond acceptors (Lipinski definition) is 4. The van der Waals surface area contributed by atoms with E-state index in [0.717, 1.165) is 16.7 Å². The monoisotopic (exact) mass is 351 g/mol. The highest BCUT2D eigenvalue weighted by molar-refractivity contribution is 5.94. The standard InChI is InChI=1S/C18H19F2NO4/c1-5-24-16(22)15-8-11(13-7-6-12(19)9-14(13)20)10-21(15)17(23)25-18(2,3)4/h6-10H,5H2,1-4H3. The summed E-state index contributed by atoms with van der Waals surface area (Å²) in [4.78, 5) is 24.5. The van der Waals surface area contributed by atoms with Gasteiger partial charge in [0.2, 0.25) is 0 Å². The van der Waals surface area contributed by atoms with Crippen LogP contribution in [0.4, 0.5) is 13.6 Å². The van der Waals surface area contributed by atoms with Gasteiger partial charge in [-0.1, -0.05) is 0 Å². The molecule has 0 spiro atoms. The van der Waals surface area contributed by atoms with Crippen molar-refractivity contribution in [1.29, 1.82) is 0 Å². The normalized spacial score (nSPS) is 11.3. The predicted molar refractivity (Wildman–Crippen MR) is 87.4 cm³/mol. The maximum absolute atomic E-state index is 14.0. The van der Waals surface area contributed by atoms with Crippen LogP contribution in [0, 0.1) is 11.6 Å². The molecule has 5 nitrogen and oxygen atoms in total. The van der Waals surface area contributed by atoms with E-state index >= 15 is 0 Å². The summed E-state index contributed by atoms with van der Waals surface area (Å²) in [6.45, 7) is 6.77. The van der Waals surface area contributed by atoms with Crippen molar-refractivity contribution in [3.63, 3.8) is 0 Å². The van der Waals surface area contributed by atoms with Crippen molar-refractivity contribution < 1.29 is 27.8 Å². The van der Waals surface area contributed by atoms with Crippen LogP contribution >= 0.6 is 0 Å². The number of rotatable bonds is 3. The Morgan fingerprint density at radius 1 is 1.16 bits per heavy atom. The Hall–Kier alpha value is -2.70. The summed E-state index contributed by atoms with van der Waals surface area (Å²) in [5.74, 6) is -2.28. The van der Waals surface area contributed by atoms with Gasteiger partial charge in [-0.25, -0.2) is 22.9 Å². The van der Waals surface area contributed by atoms with E-state index < -0.39 is 29.3 Å². The Balaban J connectivity index is 2.52. The highest BCUT2D eigenvalue weighted by Crippen LogP contribution is 2.27. The number of carbonyl (C=O) groups excluding carboxylic acids is 2. The lowest BCUT2D eigenvalue weighted by molar-refractivity contribution is 0.0449. The molecule has 0 aliphatic carbocycles. The molecule has 0 saturated heterocycles. The Morgan fingerprint density at radius 3 is 2.40 bits per heavy atom. The zero-order valence-electron chi connectivity index (χ0n) is 14.4. The van der Waals surface area contributed by atoms with E-state index in [2.05, 4.69) is 0 Å². The molecule has 0 N–H and O–H groups in total. The molecule has 0 unspecified atom stereocenters. The van der Waals surface area contributed by atoms with Gasteiger partial charge < -0.3 is 9.47 Å². The number of ether oxygens (including phenoxy) is 2. The van der Waals surface area contributed by atoms with Gasteiger partial charge in [0.25, 0.3) is 0 Å². The highest BCUT2D eigenvalue weighted by Gasteiger charge is 2.25. The minimum atomic E-state index is -0.809. The summed E-state index contributed by atoms with van der Waals surface area (Å²) >= 11 is 0. The molecule has 25 heavy (non-hydrogen) atoms. The van der Waals surface area contributed by atoms with Gasteiger partial charge in [0.15, 0.2) is 0 Å². The fourth-order valence-electron chi connectivity index (χ4n) is 2.16. The molecule has 0 aliphatic heterocycles. The number of hydrogen-bond donors (Lipinski definition) is 0. The van der Waals surface area contributed by atoms with Crippen LogP contribution < -0.4 is 0 Å². The summed E-state index contributed by atoms with van der Waals surface area (Å²) in [6, 6.07) is 4.35. The third-order valence-electron chi connectivity index (χ3n) is 3.14. The SMILES string of the molecule is CCOC(=O)c1cc(-c2ccc(F)cc2F)cn1C(=O)OC(C)(C)C. The molecule has 0 bridgehead atoms. The summed E-state index contributed by atoms with van der Waals surface area (Å²) in [5.41, 5.74) is -0.607. The smallest absolute Gasteiger partial charge is 0.419 e. The maximum atomic E-state index is 14.0. The van der Waals surface area contributed by atoms with Gasteiger partial charge in [0, 0.05) is 23.4 Å². The van der Waals surface area contributed by atoms with Crippen molar-refractivity contribution in [2.75, 3.05) is 6.61 Å². The van der Waals surface area contributed by atoms with Gasteiger partial charge >= 0.3 is 12.1 Å². The van der Waals surface area contributed by atoms with Gasteiger partial charge in [0.1, 0.15) is 22.9 Å². The first-order valence-electron chi connectivity index (χ1n) is 7.70. The van der Waals surface area contributed by atoms with Crippen molar-refractivity contribution in [2.24, 2.45) is 0 Å². The first kappa shape index (κ1) is 18.6. The Labute approximate surface area is 144 Å². The number of nitrogens with zero attached hydrogens (tertiary/aromatic N) is 1. The summed E-state index contributed by atoms with van der Waals surface area (Å²) in [7, 11) is 0. The van der Waals surface area contributed by atoms with E-state index in [0.29, 0.717) is 0 Å². The second-order valence-corrected chi connectivity index (χ2v) is 6.31. The fraction of sp³-hybridized carbons (Fsp3) is 0.333. The van der Waals surface area contributed by atoms with Gasteiger partial charge in [0.05, 0.1) is 6.61 Å². The second-order valence-electron chi connectivity index (χ2n) is 6.31. The van der Waals surface area contributed by atoms with E-state index in [4.69, 9.17) is 9.47 Å². The zero-order chi connectivity index (χ0) is 18.8. The van der Waals surface area contributed by atoms with E-state index in [-0.39, 0.29) is 23.4 Å². The third-order valence-corrected chi connectivity index (χ3v) is 3.14. The number of halogens is 2. The zero-order valence-corrected chi connectivity index (χ0v) is 14.4. The number of aromatic nitrogens is 1.